The summed E-state index contributed by atoms with van der Waals surface area (Å²) in [5.41, 5.74) is 3.48. The third kappa shape index (κ3) is 1.83. The first-order valence-electron chi connectivity index (χ1n) is 6.23. The number of hydrogen-bond donors (Lipinski definition) is 3. The lowest BCUT2D eigenvalue weighted by atomic mass is 9.91. The molecule has 1 aromatic heterocycles. The smallest absolute Gasteiger partial charge is 0.217 e. The fourth-order valence-electron chi connectivity index (χ4n) is 2.82. The van der Waals surface area contributed by atoms with Crippen LogP contribution in [0.2, 0.25) is 0 Å². The van der Waals surface area contributed by atoms with Gasteiger partial charge in [-0.2, -0.15) is 0 Å². The Balaban J connectivity index is 1.99. The molecule has 94 valence electrons. The second-order valence-electron chi connectivity index (χ2n) is 4.95. The topological polar surface area (TPSA) is 65.1 Å². The van der Waals surface area contributed by atoms with Crippen LogP contribution in [-0.4, -0.2) is 22.0 Å². The van der Waals surface area contributed by atoms with Crippen molar-refractivity contribution < 1.29 is 9.90 Å². The molecule has 1 aliphatic rings. The number of aromatic amines is 1. The van der Waals surface area contributed by atoms with E-state index in [0.29, 0.717) is 0 Å². The maximum Gasteiger partial charge on any atom is 0.217 e. The van der Waals surface area contributed by atoms with Gasteiger partial charge in [-0.1, -0.05) is 0 Å². The molecule has 3 N–H and O–H groups in total. The molecule has 1 aliphatic carbocycles. The van der Waals surface area contributed by atoms with Gasteiger partial charge in [0.15, 0.2) is 0 Å². The molecule has 0 saturated heterocycles. The molecular weight excluding hydrogens is 228 g/mol. The number of hydrogen-bond acceptors (Lipinski definition) is 2. The van der Waals surface area contributed by atoms with Gasteiger partial charge >= 0.3 is 0 Å². The zero-order valence-electron chi connectivity index (χ0n) is 10.3. The average molecular weight is 244 g/mol. The quantitative estimate of drug-likeness (QED) is 0.717. The number of phenols is 1. The van der Waals surface area contributed by atoms with Gasteiger partial charge in [-0.15, -0.1) is 0 Å². The van der Waals surface area contributed by atoms with Gasteiger partial charge in [0.1, 0.15) is 5.75 Å². The molecule has 0 saturated carbocycles. The number of phenolic OH excluding ortho intramolecular Hbond substituents is 1. The van der Waals surface area contributed by atoms with Crippen LogP contribution >= 0.6 is 0 Å². The number of aromatic nitrogens is 1. The SMILES string of the molecule is CC(=O)NC1CCc2[nH]c3cc(O)ccc3c2C1. The number of carbonyl (C=O) groups is 1. The van der Waals surface area contributed by atoms with E-state index in [2.05, 4.69) is 10.3 Å². The maximum absolute atomic E-state index is 11.1. The van der Waals surface area contributed by atoms with Crippen molar-refractivity contribution in [2.24, 2.45) is 0 Å². The Morgan fingerprint density at radius 2 is 2.33 bits per heavy atom. The molecule has 4 nitrogen and oxygen atoms in total. The minimum Gasteiger partial charge on any atom is -0.508 e. The van der Waals surface area contributed by atoms with Crippen molar-refractivity contribution in [3.8, 4) is 5.75 Å². The summed E-state index contributed by atoms with van der Waals surface area (Å²) in [6.07, 6.45) is 2.76. The van der Waals surface area contributed by atoms with Crippen molar-refractivity contribution in [2.75, 3.05) is 0 Å². The summed E-state index contributed by atoms with van der Waals surface area (Å²) in [5.74, 6) is 0.306. The van der Waals surface area contributed by atoms with Crippen LogP contribution in [0.5, 0.6) is 5.75 Å². The molecular formula is C14H16N2O2. The Bertz CT molecular complexity index is 616. The monoisotopic (exact) mass is 244 g/mol. The molecule has 0 aliphatic heterocycles. The summed E-state index contributed by atoms with van der Waals surface area (Å²) >= 11 is 0. The lowest BCUT2D eigenvalue weighted by Gasteiger charge is -2.22. The first kappa shape index (κ1) is 11.1. The summed E-state index contributed by atoms with van der Waals surface area (Å²) in [7, 11) is 0. The van der Waals surface area contributed by atoms with Gasteiger partial charge in [-0.3, -0.25) is 4.79 Å². The number of rotatable bonds is 1. The van der Waals surface area contributed by atoms with Gasteiger partial charge in [0, 0.05) is 35.6 Å². The average Bonchev–Trinajstić information content (AvgIpc) is 2.65. The minimum absolute atomic E-state index is 0.0286. The summed E-state index contributed by atoms with van der Waals surface area (Å²) in [4.78, 5) is 14.5. The molecule has 2 aromatic rings. The molecule has 1 unspecified atom stereocenters. The Morgan fingerprint density at radius 3 is 3.11 bits per heavy atom. The first-order chi connectivity index (χ1) is 8.63. The van der Waals surface area contributed by atoms with E-state index in [4.69, 9.17) is 0 Å². The van der Waals surface area contributed by atoms with E-state index in [9.17, 15) is 9.90 Å². The Labute approximate surface area is 105 Å². The van der Waals surface area contributed by atoms with Crippen LogP contribution in [0.4, 0.5) is 0 Å². The third-order valence-electron chi connectivity index (χ3n) is 3.58. The van der Waals surface area contributed by atoms with Crippen LogP contribution in [0, 0.1) is 0 Å². The molecule has 3 rings (SSSR count). The van der Waals surface area contributed by atoms with Crippen LogP contribution < -0.4 is 5.32 Å². The van der Waals surface area contributed by atoms with E-state index in [1.807, 2.05) is 6.07 Å². The highest BCUT2D eigenvalue weighted by molar-refractivity contribution is 5.86. The molecule has 1 amide bonds. The van der Waals surface area contributed by atoms with E-state index in [1.165, 1.54) is 11.3 Å². The van der Waals surface area contributed by atoms with E-state index in [-0.39, 0.29) is 17.7 Å². The van der Waals surface area contributed by atoms with Gasteiger partial charge in [-0.05, 0) is 37.0 Å². The van der Waals surface area contributed by atoms with E-state index in [0.717, 1.165) is 30.2 Å². The summed E-state index contributed by atoms with van der Waals surface area (Å²) in [6.45, 7) is 1.56. The van der Waals surface area contributed by atoms with Crippen molar-refractivity contribution in [2.45, 2.75) is 32.2 Å². The van der Waals surface area contributed by atoms with Crippen molar-refractivity contribution >= 4 is 16.8 Å². The van der Waals surface area contributed by atoms with E-state index >= 15 is 0 Å². The standard InChI is InChI=1S/C14H16N2O2/c1-8(17)15-9-2-5-13-12(6-9)11-4-3-10(18)7-14(11)16-13/h3-4,7,9,16,18H,2,5-6H2,1H3,(H,15,17). The van der Waals surface area contributed by atoms with Crippen LogP contribution in [0.3, 0.4) is 0 Å². The second kappa shape index (κ2) is 4.05. The molecule has 0 bridgehead atoms. The third-order valence-corrected chi connectivity index (χ3v) is 3.58. The van der Waals surface area contributed by atoms with Gasteiger partial charge < -0.3 is 15.4 Å². The van der Waals surface area contributed by atoms with Crippen LogP contribution in [0.15, 0.2) is 18.2 Å². The van der Waals surface area contributed by atoms with Crippen molar-refractivity contribution in [1.29, 1.82) is 0 Å². The minimum atomic E-state index is 0.0286. The van der Waals surface area contributed by atoms with Gasteiger partial charge in [0.25, 0.3) is 0 Å². The van der Waals surface area contributed by atoms with E-state index < -0.39 is 0 Å². The number of aryl methyl sites for hydroxylation is 1. The Hall–Kier alpha value is -1.97. The number of carbonyl (C=O) groups excluding carboxylic acids is 1. The number of aromatic hydroxyl groups is 1. The fourth-order valence-corrected chi connectivity index (χ4v) is 2.82. The number of H-pyrrole nitrogens is 1. The summed E-state index contributed by atoms with van der Waals surface area (Å²) < 4.78 is 0. The lowest BCUT2D eigenvalue weighted by molar-refractivity contribution is -0.119. The zero-order chi connectivity index (χ0) is 12.7. The Morgan fingerprint density at radius 1 is 1.50 bits per heavy atom. The molecule has 1 aromatic carbocycles. The molecule has 0 fully saturated rings. The predicted molar refractivity (Wildman–Crippen MR) is 69.6 cm³/mol. The number of benzene rings is 1. The van der Waals surface area contributed by atoms with E-state index in [1.54, 1.807) is 19.1 Å². The van der Waals surface area contributed by atoms with Gasteiger partial charge in [-0.25, -0.2) is 0 Å². The van der Waals surface area contributed by atoms with Gasteiger partial charge in [0.05, 0.1) is 0 Å². The van der Waals surface area contributed by atoms with Crippen LogP contribution in [-0.2, 0) is 17.6 Å². The zero-order valence-corrected chi connectivity index (χ0v) is 10.3. The molecule has 18 heavy (non-hydrogen) atoms. The highest BCUT2D eigenvalue weighted by Crippen LogP contribution is 2.30. The molecule has 4 heteroatoms. The number of amides is 1. The lowest BCUT2D eigenvalue weighted by Crippen LogP contribution is -2.37. The molecule has 1 heterocycles. The van der Waals surface area contributed by atoms with Crippen LogP contribution in [0.1, 0.15) is 24.6 Å². The predicted octanol–water partition coefficient (Wildman–Crippen LogP) is 1.87. The number of fused-ring (bicyclic) bond motifs is 3. The maximum atomic E-state index is 11.1. The number of nitrogens with one attached hydrogen (secondary N) is 2. The Kier molecular flexibility index (Phi) is 2.51. The van der Waals surface area contributed by atoms with Crippen LogP contribution in [0.25, 0.3) is 10.9 Å². The van der Waals surface area contributed by atoms with Crippen molar-refractivity contribution in [1.82, 2.24) is 10.3 Å². The fraction of sp³-hybridized carbons (Fsp3) is 0.357. The second-order valence-corrected chi connectivity index (χ2v) is 4.95. The molecule has 1 atom stereocenters. The normalized spacial score (nSPS) is 18.6. The van der Waals surface area contributed by atoms with Crippen molar-refractivity contribution in [3.05, 3.63) is 29.5 Å². The molecule has 0 radical (unpaired) electrons. The molecule has 0 spiro atoms. The highest BCUT2D eigenvalue weighted by Gasteiger charge is 2.22. The largest absolute Gasteiger partial charge is 0.508 e. The van der Waals surface area contributed by atoms with Crippen molar-refractivity contribution in [3.63, 3.8) is 0 Å². The summed E-state index contributed by atoms with van der Waals surface area (Å²) in [6, 6.07) is 5.62. The highest BCUT2D eigenvalue weighted by atomic mass is 16.3. The van der Waals surface area contributed by atoms with Gasteiger partial charge in [0.2, 0.25) is 5.91 Å². The summed E-state index contributed by atoms with van der Waals surface area (Å²) in [5, 5.41) is 13.6. The first-order valence-corrected chi connectivity index (χ1v) is 6.23.